The minimum Gasteiger partial charge on any atom is -0.375 e. The van der Waals surface area contributed by atoms with E-state index < -0.39 is 0 Å². The largest absolute Gasteiger partial charge is 0.375 e. The zero-order valence-corrected chi connectivity index (χ0v) is 15.5. The minimum atomic E-state index is -0.219. The summed E-state index contributed by atoms with van der Waals surface area (Å²) >= 11 is 0. The third-order valence-electron chi connectivity index (χ3n) is 5.39. The molecule has 2 saturated heterocycles. The number of amides is 1. The molecule has 0 unspecified atom stereocenters. The van der Waals surface area contributed by atoms with Gasteiger partial charge in [0, 0.05) is 31.3 Å². The Bertz CT molecular complexity index is 793. The van der Waals surface area contributed by atoms with Crippen molar-refractivity contribution < 1.29 is 14.3 Å². The van der Waals surface area contributed by atoms with E-state index in [4.69, 9.17) is 9.47 Å². The second-order valence-corrected chi connectivity index (χ2v) is 7.26. The summed E-state index contributed by atoms with van der Waals surface area (Å²) in [5, 5.41) is 0. The third-order valence-corrected chi connectivity index (χ3v) is 5.39. The van der Waals surface area contributed by atoms with Crippen LogP contribution in [0.2, 0.25) is 0 Å². The van der Waals surface area contributed by atoms with E-state index in [2.05, 4.69) is 15.0 Å². The third kappa shape index (κ3) is 3.84. The van der Waals surface area contributed by atoms with Crippen molar-refractivity contribution in [3.05, 3.63) is 53.9 Å². The number of likely N-dealkylation sites (tertiary alicyclic amines) is 1. The number of hydrogen-bond donors (Lipinski definition) is 0. The predicted octanol–water partition coefficient (Wildman–Crippen LogP) is 2.02. The van der Waals surface area contributed by atoms with E-state index in [0.717, 1.165) is 30.8 Å². The van der Waals surface area contributed by atoms with Crippen LogP contribution in [0.25, 0.3) is 0 Å². The molecule has 1 amide bonds. The van der Waals surface area contributed by atoms with Gasteiger partial charge in [0.15, 0.2) is 0 Å². The Kier molecular flexibility index (Phi) is 5.13. The van der Waals surface area contributed by atoms with Crippen LogP contribution in [0.3, 0.4) is 0 Å². The highest BCUT2D eigenvalue weighted by molar-refractivity contribution is 5.92. The number of ether oxygens (including phenoxy) is 2. The summed E-state index contributed by atoms with van der Waals surface area (Å²) in [5.41, 5.74) is 2.12. The average molecular weight is 368 g/mol. The van der Waals surface area contributed by atoms with Gasteiger partial charge in [-0.05, 0) is 37.8 Å². The number of nitrogens with zero attached hydrogens (tertiary/aromatic N) is 4. The van der Waals surface area contributed by atoms with Crippen molar-refractivity contribution in [3.63, 3.8) is 0 Å². The maximum absolute atomic E-state index is 12.5. The fourth-order valence-electron chi connectivity index (χ4n) is 3.94. The molecule has 0 aliphatic carbocycles. The number of hydrogen-bond acceptors (Lipinski definition) is 6. The Morgan fingerprint density at radius 3 is 3.04 bits per heavy atom. The summed E-state index contributed by atoms with van der Waals surface area (Å²) in [6.45, 7) is 5.16. The molecule has 2 aliphatic rings. The van der Waals surface area contributed by atoms with Crippen molar-refractivity contribution in [2.24, 2.45) is 5.92 Å². The molecule has 2 aromatic heterocycles. The van der Waals surface area contributed by atoms with Crippen LogP contribution in [0.15, 0.2) is 36.8 Å². The number of aryl methyl sites for hydroxylation is 1. The second kappa shape index (κ2) is 7.70. The Morgan fingerprint density at radius 2 is 2.26 bits per heavy atom. The van der Waals surface area contributed by atoms with Crippen molar-refractivity contribution in [1.29, 1.82) is 0 Å². The molecule has 142 valence electrons. The summed E-state index contributed by atoms with van der Waals surface area (Å²) in [6, 6.07) is 5.96. The summed E-state index contributed by atoms with van der Waals surface area (Å²) in [5.74, 6) is 0.332. The van der Waals surface area contributed by atoms with Gasteiger partial charge in [-0.3, -0.25) is 14.8 Å². The number of aromatic nitrogens is 3. The van der Waals surface area contributed by atoms with Gasteiger partial charge in [0.2, 0.25) is 0 Å². The molecule has 0 aromatic carbocycles. The SMILES string of the molecule is Cc1cccc(COCC[C@H]2CCOC23CN(C(=O)c2cnccn2)C3)n1. The van der Waals surface area contributed by atoms with Gasteiger partial charge >= 0.3 is 0 Å². The van der Waals surface area contributed by atoms with Gasteiger partial charge in [-0.2, -0.15) is 0 Å². The standard InChI is InChI=1S/C20H24N4O3/c1-15-3-2-4-17(23-15)12-26-9-5-16-6-10-27-20(16)13-24(14-20)19(25)18-11-21-7-8-22-18/h2-4,7-8,11,16H,5-6,9-10,12-14H2,1H3/t16-/m0/s1. The second-order valence-electron chi connectivity index (χ2n) is 7.26. The first-order valence-electron chi connectivity index (χ1n) is 9.36. The fraction of sp³-hybridized carbons (Fsp3) is 0.500. The lowest BCUT2D eigenvalue weighted by molar-refractivity contribution is -0.120. The van der Waals surface area contributed by atoms with Crippen LogP contribution in [-0.2, 0) is 16.1 Å². The van der Waals surface area contributed by atoms with Crippen LogP contribution in [-0.4, -0.2) is 57.7 Å². The minimum absolute atomic E-state index is 0.0789. The zero-order valence-electron chi connectivity index (χ0n) is 15.5. The lowest BCUT2D eigenvalue weighted by Crippen LogP contribution is -2.66. The molecule has 2 aromatic rings. The number of carbonyl (C=O) groups excluding carboxylic acids is 1. The molecule has 1 spiro atoms. The number of carbonyl (C=O) groups is 1. The maximum atomic E-state index is 12.5. The van der Waals surface area contributed by atoms with E-state index in [0.29, 0.717) is 37.9 Å². The van der Waals surface area contributed by atoms with E-state index in [9.17, 15) is 4.79 Å². The molecule has 27 heavy (non-hydrogen) atoms. The maximum Gasteiger partial charge on any atom is 0.274 e. The molecule has 2 fully saturated rings. The first kappa shape index (κ1) is 18.0. The monoisotopic (exact) mass is 368 g/mol. The number of rotatable bonds is 6. The van der Waals surface area contributed by atoms with E-state index in [1.165, 1.54) is 12.4 Å². The van der Waals surface area contributed by atoms with Crippen LogP contribution in [0.4, 0.5) is 0 Å². The van der Waals surface area contributed by atoms with Gasteiger partial charge in [0.1, 0.15) is 11.3 Å². The lowest BCUT2D eigenvalue weighted by atomic mass is 9.79. The summed E-state index contributed by atoms with van der Waals surface area (Å²) in [7, 11) is 0. The predicted molar refractivity (Wildman–Crippen MR) is 98.0 cm³/mol. The topological polar surface area (TPSA) is 77.4 Å². The molecule has 7 heteroatoms. The molecule has 0 saturated carbocycles. The first-order chi connectivity index (χ1) is 13.2. The molecule has 0 N–H and O–H groups in total. The lowest BCUT2D eigenvalue weighted by Gasteiger charge is -2.50. The van der Waals surface area contributed by atoms with Gasteiger partial charge in [0.05, 0.1) is 31.6 Å². The Hall–Kier alpha value is -2.38. The smallest absolute Gasteiger partial charge is 0.274 e. The first-order valence-corrected chi connectivity index (χ1v) is 9.36. The number of pyridine rings is 1. The fourth-order valence-corrected chi connectivity index (χ4v) is 3.94. The molecule has 0 bridgehead atoms. The van der Waals surface area contributed by atoms with E-state index in [1.54, 1.807) is 11.1 Å². The van der Waals surface area contributed by atoms with Crippen LogP contribution in [0.1, 0.15) is 34.7 Å². The summed E-state index contributed by atoms with van der Waals surface area (Å²) < 4.78 is 11.9. The van der Waals surface area contributed by atoms with Crippen LogP contribution < -0.4 is 0 Å². The van der Waals surface area contributed by atoms with Crippen molar-refractivity contribution in [3.8, 4) is 0 Å². The van der Waals surface area contributed by atoms with Crippen molar-refractivity contribution >= 4 is 5.91 Å². The van der Waals surface area contributed by atoms with Crippen LogP contribution in [0, 0.1) is 12.8 Å². The molecule has 4 rings (SSSR count). The van der Waals surface area contributed by atoms with Gasteiger partial charge in [-0.1, -0.05) is 6.07 Å². The zero-order chi connectivity index (χ0) is 18.7. The Labute approximate surface area is 158 Å². The summed E-state index contributed by atoms with van der Waals surface area (Å²) in [6.07, 6.45) is 6.56. The molecule has 1 atom stereocenters. The van der Waals surface area contributed by atoms with Crippen LogP contribution in [0.5, 0.6) is 0 Å². The molecular weight excluding hydrogens is 344 g/mol. The van der Waals surface area contributed by atoms with Crippen LogP contribution >= 0.6 is 0 Å². The average Bonchev–Trinajstić information content (AvgIpc) is 3.08. The Balaban J connectivity index is 1.26. The van der Waals surface area contributed by atoms with Crippen molar-refractivity contribution in [2.75, 3.05) is 26.3 Å². The molecule has 7 nitrogen and oxygen atoms in total. The van der Waals surface area contributed by atoms with E-state index >= 15 is 0 Å². The molecule has 4 heterocycles. The molecule has 2 aliphatic heterocycles. The van der Waals surface area contributed by atoms with Crippen molar-refractivity contribution in [1.82, 2.24) is 19.9 Å². The highest BCUT2D eigenvalue weighted by atomic mass is 16.5. The molecule has 0 radical (unpaired) electrons. The highest BCUT2D eigenvalue weighted by Gasteiger charge is 2.54. The van der Waals surface area contributed by atoms with E-state index in [-0.39, 0.29) is 11.5 Å². The quantitative estimate of drug-likeness (QED) is 0.726. The van der Waals surface area contributed by atoms with Gasteiger partial charge < -0.3 is 14.4 Å². The highest BCUT2D eigenvalue weighted by Crippen LogP contribution is 2.42. The normalized spacial score (nSPS) is 20.6. The van der Waals surface area contributed by atoms with Gasteiger partial charge in [0.25, 0.3) is 5.91 Å². The van der Waals surface area contributed by atoms with E-state index in [1.807, 2.05) is 25.1 Å². The van der Waals surface area contributed by atoms with Gasteiger partial charge in [-0.25, -0.2) is 4.98 Å². The molecular formula is C20H24N4O3. The van der Waals surface area contributed by atoms with Gasteiger partial charge in [-0.15, -0.1) is 0 Å². The van der Waals surface area contributed by atoms with Crippen molar-refractivity contribution in [2.45, 2.75) is 32.0 Å². The Morgan fingerprint density at radius 1 is 1.37 bits per heavy atom. The summed E-state index contributed by atoms with van der Waals surface area (Å²) in [4.78, 5) is 26.8.